The standard InChI is InChI=1S/C21H25NO3/c1-4-19(17-11-7-5-8-12-17)21(24)25-15-20(23)22(16(2)3)18-13-9-6-10-14-18/h5-14,16,19H,4,15H2,1-3H3/t19-/m1/s1. The molecule has 4 heteroatoms. The maximum Gasteiger partial charge on any atom is 0.313 e. The molecule has 2 aromatic carbocycles. The Morgan fingerprint density at radius 1 is 0.960 bits per heavy atom. The molecule has 0 aliphatic carbocycles. The number of para-hydroxylation sites is 1. The minimum Gasteiger partial charge on any atom is -0.455 e. The summed E-state index contributed by atoms with van der Waals surface area (Å²) in [6.45, 7) is 5.55. The third-order valence-electron chi connectivity index (χ3n) is 4.05. The van der Waals surface area contributed by atoms with Crippen LogP contribution in [0.15, 0.2) is 60.7 Å². The molecule has 0 heterocycles. The number of hydrogen-bond acceptors (Lipinski definition) is 3. The number of rotatable bonds is 7. The van der Waals surface area contributed by atoms with Gasteiger partial charge in [0.25, 0.3) is 5.91 Å². The van der Waals surface area contributed by atoms with Gasteiger partial charge in [-0.15, -0.1) is 0 Å². The number of benzene rings is 2. The van der Waals surface area contributed by atoms with E-state index in [0.717, 1.165) is 11.3 Å². The van der Waals surface area contributed by atoms with Gasteiger partial charge in [-0.3, -0.25) is 9.59 Å². The highest BCUT2D eigenvalue weighted by Crippen LogP contribution is 2.21. The smallest absolute Gasteiger partial charge is 0.313 e. The van der Waals surface area contributed by atoms with Crippen molar-refractivity contribution in [2.45, 2.75) is 39.2 Å². The van der Waals surface area contributed by atoms with Crippen molar-refractivity contribution in [2.24, 2.45) is 0 Å². The monoisotopic (exact) mass is 339 g/mol. The molecule has 0 spiro atoms. The number of anilines is 1. The van der Waals surface area contributed by atoms with Gasteiger partial charge in [0.05, 0.1) is 5.92 Å². The van der Waals surface area contributed by atoms with Gasteiger partial charge in [-0.1, -0.05) is 55.5 Å². The molecule has 25 heavy (non-hydrogen) atoms. The molecule has 0 aliphatic heterocycles. The summed E-state index contributed by atoms with van der Waals surface area (Å²) in [6.07, 6.45) is 0.629. The first-order valence-electron chi connectivity index (χ1n) is 8.63. The molecular weight excluding hydrogens is 314 g/mol. The highest BCUT2D eigenvalue weighted by Gasteiger charge is 2.24. The fourth-order valence-electron chi connectivity index (χ4n) is 2.85. The Hall–Kier alpha value is -2.62. The van der Waals surface area contributed by atoms with Crippen LogP contribution in [0, 0.1) is 0 Å². The van der Waals surface area contributed by atoms with Crippen LogP contribution in [0.1, 0.15) is 38.7 Å². The number of esters is 1. The summed E-state index contributed by atoms with van der Waals surface area (Å²) in [5, 5.41) is 0. The van der Waals surface area contributed by atoms with Crippen molar-refractivity contribution in [1.82, 2.24) is 0 Å². The molecule has 0 aliphatic rings. The highest BCUT2D eigenvalue weighted by molar-refractivity contribution is 5.96. The second-order valence-electron chi connectivity index (χ2n) is 6.17. The fraction of sp³-hybridized carbons (Fsp3) is 0.333. The third-order valence-corrected chi connectivity index (χ3v) is 4.05. The van der Waals surface area contributed by atoms with Crippen LogP contribution in [0.25, 0.3) is 0 Å². The Kier molecular flexibility index (Phi) is 6.75. The summed E-state index contributed by atoms with van der Waals surface area (Å²) in [4.78, 5) is 26.7. The second-order valence-corrected chi connectivity index (χ2v) is 6.17. The van der Waals surface area contributed by atoms with Crippen molar-refractivity contribution in [3.8, 4) is 0 Å². The predicted octanol–water partition coefficient (Wildman–Crippen LogP) is 4.17. The van der Waals surface area contributed by atoms with Crippen molar-refractivity contribution in [3.63, 3.8) is 0 Å². The zero-order valence-corrected chi connectivity index (χ0v) is 15.0. The molecule has 0 fully saturated rings. The zero-order valence-electron chi connectivity index (χ0n) is 15.0. The molecule has 1 amide bonds. The number of amides is 1. The zero-order chi connectivity index (χ0) is 18.2. The van der Waals surface area contributed by atoms with Gasteiger partial charge in [0, 0.05) is 11.7 Å². The van der Waals surface area contributed by atoms with Gasteiger partial charge < -0.3 is 9.64 Å². The molecule has 0 radical (unpaired) electrons. The second kappa shape index (κ2) is 9.02. The van der Waals surface area contributed by atoms with E-state index in [1.165, 1.54) is 0 Å². The summed E-state index contributed by atoms with van der Waals surface area (Å²) in [7, 11) is 0. The molecule has 0 saturated carbocycles. The normalized spacial score (nSPS) is 11.8. The minimum absolute atomic E-state index is 0.0234. The largest absolute Gasteiger partial charge is 0.455 e. The van der Waals surface area contributed by atoms with Gasteiger partial charge in [0.2, 0.25) is 0 Å². The van der Waals surface area contributed by atoms with Crippen LogP contribution in [0.2, 0.25) is 0 Å². The molecule has 0 bridgehead atoms. The van der Waals surface area contributed by atoms with Crippen molar-refractivity contribution in [3.05, 3.63) is 66.2 Å². The number of nitrogens with zero attached hydrogens (tertiary/aromatic N) is 1. The van der Waals surface area contributed by atoms with E-state index in [0.29, 0.717) is 6.42 Å². The average Bonchev–Trinajstić information content (AvgIpc) is 2.62. The van der Waals surface area contributed by atoms with E-state index in [9.17, 15) is 9.59 Å². The molecule has 132 valence electrons. The number of ether oxygens (including phenoxy) is 1. The summed E-state index contributed by atoms with van der Waals surface area (Å²) in [5.74, 6) is -0.936. The summed E-state index contributed by atoms with van der Waals surface area (Å²) >= 11 is 0. The first kappa shape index (κ1) is 18.7. The van der Waals surface area contributed by atoms with Gasteiger partial charge in [-0.2, -0.15) is 0 Å². The maximum absolute atomic E-state index is 12.6. The lowest BCUT2D eigenvalue weighted by Crippen LogP contribution is -2.40. The summed E-state index contributed by atoms with van der Waals surface area (Å²) in [6, 6.07) is 18.9. The Bertz CT molecular complexity index is 683. The van der Waals surface area contributed by atoms with Crippen molar-refractivity contribution < 1.29 is 14.3 Å². The van der Waals surface area contributed by atoms with Gasteiger partial charge in [-0.25, -0.2) is 0 Å². The van der Waals surface area contributed by atoms with Crippen LogP contribution in [-0.4, -0.2) is 24.5 Å². The Balaban J connectivity index is 2.03. The molecule has 2 aromatic rings. The first-order chi connectivity index (χ1) is 12.0. The van der Waals surface area contributed by atoms with E-state index in [1.807, 2.05) is 81.4 Å². The molecular formula is C21H25NO3. The predicted molar refractivity (Wildman–Crippen MR) is 99.5 cm³/mol. The first-order valence-corrected chi connectivity index (χ1v) is 8.63. The maximum atomic E-state index is 12.6. The fourth-order valence-corrected chi connectivity index (χ4v) is 2.85. The molecule has 1 atom stereocenters. The number of carbonyl (C=O) groups excluding carboxylic acids is 2. The Morgan fingerprint density at radius 3 is 2.04 bits per heavy atom. The van der Waals surface area contributed by atoms with E-state index in [1.54, 1.807) is 4.90 Å². The molecule has 0 N–H and O–H groups in total. The number of carbonyl (C=O) groups is 2. The Labute approximate surface area is 149 Å². The van der Waals surface area contributed by atoms with E-state index >= 15 is 0 Å². The third kappa shape index (κ3) is 4.92. The lowest BCUT2D eigenvalue weighted by Gasteiger charge is -2.27. The van der Waals surface area contributed by atoms with Crippen LogP contribution in [0.5, 0.6) is 0 Å². The minimum atomic E-state index is -0.362. The van der Waals surface area contributed by atoms with Crippen molar-refractivity contribution in [1.29, 1.82) is 0 Å². The Morgan fingerprint density at radius 2 is 1.52 bits per heavy atom. The topological polar surface area (TPSA) is 46.6 Å². The quantitative estimate of drug-likeness (QED) is 0.712. The number of hydrogen-bond donors (Lipinski definition) is 0. The van der Waals surface area contributed by atoms with Gasteiger partial charge in [0.1, 0.15) is 0 Å². The lowest BCUT2D eigenvalue weighted by molar-refractivity contribution is -0.149. The van der Waals surface area contributed by atoms with Crippen molar-refractivity contribution >= 4 is 17.6 Å². The van der Waals surface area contributed by atoms with E-state index < -0.39 is 0 Å². The summed E-state index contributed by atoms with van der Waals surface area (Å²) < 4.78 is 5.33. The average molecular weight is 339 g/mol. The highest BCUT2D eigenvalue weighted by atomic mass is 16.5. The molecule has 4 nitrogen and oxygen atoms in total. The van der Waals surface area contributed by atoms with Gasteiger partial charge in [-0.05, 0) is 38.0 Å². The molecule has 2 rings (SSSR count). The van der Waals surface area contributed by atoms with E-state index in [2.05, 4.69) is 0 Å². The van der Waals surface area contributed by atoms with E-state index in [-0.39, 0.29) is 30.4 Å². The molecule has 0 saturated heterocycles. The summed E-state index contributed by atoms with van der Waals surface area (Å²) in [5.41, 5.74) is 1.71. The molecule has 0 aromatic heterocycles. The lowest BCUT2D eigenvalue weighted by atomic mass is 9.97. The van der Waals surface area contributed by atoms with Crippen LogP contribution >= 0.6 is 0 Å². The van der Waals surface area contributed by atoms with Crippen LogP contribution < -0.4 is 4.90 Å². The van der Waals surface area contributed by atoms with Crippen LogP contribution in [0.4, 0.5) is 5.69 Å². The van der Waals surface area contributed by atoms with Crippen molar-refractivity contribution in [2.75, 3.05) is 11.5 Å². The molecule has 0 unspecified atom stereocenters. The van der Waals surface area contributed by atoms with Gasteiger partial charge >= 0.3 is 5.97 Å². The van der Waals surface area contributed by atoms with Crippen LogP contribution in [-0.2, 0) is 14.3 Å². The SMILES string of the molecule is CC[C@@H](C(=O)OCC(=O)N(c1ccccc1)C(C)C)c1ccccc1. The van der Waals surface area contributed by atoms with Gasteiger partial charge in [0.15, 0.2) is 6.61 Å². The van der Waals surface area contributed by atoms with E-state index in [4.69, 9.17) is 4.74 Å². The van der Waals surface area contributed by atoms with Crippen LogP contribution in [0.3, 0.4) is 0 Å².